The Labute approximate surface area is 150 Å². The minimum Gasteiger partial charge on any atom is -0.232 e. The van der Waals surface area contributed by atoms with Gasteiger partial charge in [0.15, 0.2) is 0 Å². The molecule has 0 spiro atoms. The Hall–Kier alpha value is -2.65. The van der Waals surface area contributed by atoms with E-state index in [1.807, 2.05) is 23.6 Å². The number of benzene rings is 2. The second kappa shape index (κ2) is 6.01. The van der Waals surface area contributed by atoms with Crippen LogP contribution in [0.5, 0.6) is 0 Å². The Bertz CT molecular complexity index is 1060. The first-order chi connectivity index (χ1) is 12.0. The van der Waals surface area contributed by atoms with Gasteiger partial charge in [0, 0.05) is 16.1 Å². The third-order valence-electron chi connectivity index (χ3n) is 4.35. The molecule has 0 saturated carbocycles. The third-order valence-corrected chi connectivity index (χ3v) is 4.57. The number of fused-ring (bicyclic) bond motifs is 1. The van der Waals surface area contributed by atoms with Crippen LogP contribution in [-0.2, 0) is 0 Å². The lowest BCUT2D eigenvalue weighted by Crippen LogP contribution is -1.94. The van der Waals surface area contributed by atoms with Crippen LogP contribution in [0.4, 0.5) is 4.39 Å². The van der Waals surface area contributed by atoms with Crippen molar-refractivity contribution in [2.24, 2.45) is 0 Å². The number of aromatic nitrogens is 2. The molecule has 0 amide bonds. The molecule has 2 aromatic carbocycles. The predicted octanol–water partition coefficient (Wildman–Crippen LogP) is 6.08. The second-order valence-electron chi connectivity index (χ2n) is 6.19. The molecule has 124 valence electrons. The van der Waals surface area contributed by atoms with Crippen molar-refractivity contribution < 1.29 is 4.39 Å². The summed E-state index contributed by atoms with van der Waals surface area (Å²) in [5, 5.41) is 5.34. The Morgan fingerprint density at radius 2 is 1.52 bits per heavy atom. The molecule has 4 heteroatoms. The van der Waals surface area contributed by atoms with Gasteiger partial charge in [0.25, 0.3) is 0 Å². The van der Waals surface area contributed by atoms with E-state index in [-0.39, 0.29) is 5.82 Å². The molecule has 0 fully saturated rings. The lowest BCUT2D eigenvalue weighted by atomic mass is 10.0. The lowest BCUT2D eigenvalue weighted by Gasteiger charge is -2.08. The van der Waals surface area contributed by atoms with Crippen LogP contribution >= 0.6 is 11.6 Å². The van der Waals surface area contributed by atoms with E-state index in [1.165, 1.54) is 17.7 Å². The van der Waals surface area contributed by atoms with Gasteiger partial charge in [-0.15, -0.1) is 0 Å². The van der Waals surface area contributed by atoms with Crippen LogP contribution in [0.15, 0.2) is 60.7 Å². The molecule has 2 aromatic heterocycles. The van der Waals surface area contributed by atoms with E-state index in [4.69, 9.17) is 16.7 Å². The largest absolute Gasteiger partial charge is 0.232 e. The SMILES string of the molecule is Cc1ccc(-c2c(C)nn3c(-c4ccc(F)cc4)cc(Cl)cc23)cc1. The second-order valence-corrected chi connectivity index (χ2v) is 6.63. The van der Waals surface area contributed by atoms with Gasteiger partial charge >= 0.3 is 0 Å². The number of halogens is 2. The van der Waals surface area contributed by atoms with Crippen molar-refractivity contribution >= 4 is 17.1 Å². The minimum absolute atomic E-state index is 0.265. The van der Waals surface area contributed by atoms with Crippen molar-refractivity contribution in [3.8, 4) is 22.4 Å². The molecule has 4 rings (SSSR count). The molecule has 0 aliphatic heterocycles. The number of pyridine rings is 1. The molecule has 0 N–H and O–H groups in total. The van der Waals surface area contributed by atoms with Gasteiger partial charge in [-0.2, -0.15) is 5.10 Å². The van der Waals surface area contributed by atoms with E-state index < -0.39 is 0 Å². The van der Waals surface area contributed by atoms with Crippen LogP contribution in [0.2, 0.25) is 5.02 Å². The van der Waals surface area contributed by atoms with Crippen molar-refractivity contribution in [2.75, 3.05) is 0 Å². The van der Waals surface area contributed by atoms with Gasteiger partial charge in [0.1, 0.15) is 5.82 Å². The van der Waals surface area contributed by atoms with Gasteiger partial charge in [-0.3, -0.25) is 0 Å². The number of nitrogens with zero attached hydrogens (tertiary/aromatic N) is 2. The summed E-state index contributed by atoms with van der Waals surface area (Å²) in [6.07, 6.45) is 0. The van der Waals surface area contributed by atoms with E-state index >= 15 is 0 Å². The fraction of sp³-hybridized carbons (Fsp3) is 0.0952. The Morgan fingerprint density at radius 3 is 2.20 bits per heavy atom. The number of hydrogen-bond acceptors (Lipinski definition) is 1. The average Bonchev–Trinajstić information content (AvgIpc) is 2.92. The summed E-state index contributed by atoms with van der Waals surface area (Å²) >= 11 is 6.38. The molecule has 0 unspecified atom stereocenters. The zero-order chi connectivity index (χ0) is 17.6. The van der Waals surface area contributed by atoms with E-state index in [9.17, 15) is 4.39 Å². The summed E-state index contributed by atoms with van der Waals surface area (Å²) < 4.78 is 15.1. The minimum atomic E-state index is -0.265. The highest BCUT2D eigenvalue weighted by Gasteiger charge is 2.15. The maximum absolute atomic E-state index is 13.3. The highest BCUT2D eigenvalue weighted by molar-refractivity contribution is 6.31. The normalized spacial score (nSPS) is 11.2. The molecule has 0 saturated heterocycles. The van der Waals surface area contributed by atoms with Gasteiger partial charge < -0.3 is 0 Å². The summed E-state index contributed by atoms with van der Waals surface area (Å²) in [5.41, 5.74) is 6.94. The fourth-order valence-electron chi connectivity index (χ4n) is 3.13. The number of rotatable bonds is 2. The first-order valence-electron chi connectivity index (χ1n) is 8.05. The monoisotopic (exact) mass is 350 g/mol. The van der Waals surface area contributed by atoms with Crippen LogP contribution < -0.4 is 0 Å². The Morgan fingerprint density at radius 1 is 0.880 bits per heavy atom. The summed E-state index contributed by atoms with van der Waals surface area (Å²) in [4.78, 5) is 0. The third kappa shape index (κ3) is 2.81. The quantitative estimate of drug-likeness (QED) is 0.428. The van der Waals surface area contributed by atoms with Crippen LogP contribution in [0.25, 0.3) is 27.9 Å². The molecule has 0 aliphatic carbocycles. The van der Waals surface area contributed by atoms with Crippen molar-refractivity contribution in [1.29, 1.82) is 0 Å². The number of aryl methyl sites for hydroxylation is 2. The van der Waals surface area contributed by atoms with Gasteiger partial charge in [0.05, 0.1) is 16.9 Å². The molecular formula is C21H16ClFN2. The molecule has 0 aliphatic rings. The number of hydrogen-bond donors (Lipinski definition) is 0. The Balaban J connectivity index is 2.00. The summed E-state index contributed by atoms with van der Waals surface area (Å²) in [6, 6.07) is 18.5. The molecule has 25 heavy (non-hydrogen) atoms. The zero-order valence-corrected chi connectivity index (χ0v) is 14.7. The van der Waals surface area contributed by atoms with Gasteiger partial charge in [-0.25, -0.2) is 8.91 Å². The van der Waals surface area contributed by atoms with Gasteiger partial charge in [0.2, 0.25) is 0 Å². The predicted molar refractivity (Wildman–Crippen MR) is 101 cm³/mol. The van der Waals surface area contributed by atoms with Gasteiger partial charge in [-0.1, -0.05) is 41.4 Å². The van der Waals surface area contributed by atoms with Crippen LogP contribution in [0.3, 0.4) is 0 Å². The molecule has 0 atom stereocenters. The maximum atomic E-state index is 13.3. The van der Waals surface area contributed by atoms with Crippen LogP contribution in [0, 0.1) is 19.7 Å². The van der Waals surface area contributed by atoms with Crippen molar-refractivity contribution in [3.63, 3.8) is 0 Å². The van der Waals surface area contributed by atoms with E-state index in [0.29, 0.717) is 5.02 Å². The average molecular weight is 351 g/mol. The van der Waals surface area contributed by atoms with Crippen molar-refractivity contribution in [2.45, 2.75) is 13.8 Å². The molecule has 4 aromatic rings. The molecule has 0 radical (unpaired) electrons. The maximum Gasteiger partial charge on any atom is 0.123 e. The summed E-state index contributed by atoms with van der Waals surface area (Å²) in [5.74, 6) is -0.265. The lowest BCUT2D eigenvalue weighted by molar-refractivity contribution is 0.628. The standard InChI is InChI=1S/C21H16ClFN2/c1-13-3-5-16(6-4-13)21-14(2)24-25-19(11-17(22)12-20(21)25)15-7-9-18(23)10-8-15/h3-12H,1-2H3. The molecule has 0 bridgehead atoms. The van der Waals surface area contributed by atoms with E-state index in [1.54, 1.807) is 12.1 Å². The molecular weight excluding hydrogens is 335 g/mol. The van der Waals surface area contributed by atoms with Crippen LogP contribution in [0.1, 0.15) is 11.3 Å². The van der Waals surface area contributed by atoms with Crippen molar-refractivity contribution in [3.05, 3.63) is 82.8 Å². The summed E-state index contributed by atoms with van der Waals surface area (Å²) in [6.45, 7) is 4.06. The smallest absolute Gasteiger partial charge is 0.123 e. The van der Waals surface area contributed by atoms with Crippen molar-refractivity contribution in [1.82, 2.24) is 9.61 Å². The first kappa shape index (κ1) is 15.9. The zero-order valence-electron chi connectivity index (χ0n) is 13.9. The van der Waals surface area contributed by atoms with Gasteiger partial charge in [-0.05, 0) is 55.8 Å². The van der Waals surface area contributed by atoms with E-state index in [0.717, 1.165) is 33.6 Å². The highest BCUT2D eigenvalue weighted by atomic mass is 35.5. The van der Waals surface area contributed by atoms with Crippen LogP contribution in [-0.4, -0.2) is 9.61 Å². The topological polar surface area (TPSA) is 17.3 Å². The van der Waals surface area contributed by atoms with E-state index in [2.05, 4.69) is 31.2 Å². The highest BCUT2D eigenvalue weighted by Crippen LogP contribution is 2.33. The first-order valence-corrected chi connectivity index (χ1v) is 8.42. The molecule has 2 heterocycles. The fourth-order valence-corrected chi connectivity index (χ4v) is 3.34. The Kier molecular flexibility index (Phi) is 3.81. The molecule has 2 nitrogen and oxygen atoms in total. The summed E-state index contributed by atoms with van der Waals surface area (Å²) in [7, 11) is 0.